The number of H-pyrrole nitrogens is 1. The summed E-state index contributed by atoms with van der Waals surface area (Å²) in [6.45, 7) is 6.51. The molecule has 1 aliphatic heterocycles. The molecule has 0 unspecified atom stereocenters. The Kier molecular flexibility index (Phi) is 5.91. The molecule has 0 aliphatic carbocycles. The minimum atomic E-state index is -0.261. The number of nitrogens with one attached hydrogen (secondary N) is 1. The van der Waals surface area contributed by atoms with Crippen LogP contribution in [-0.2, 0) is 0 Å². The summed E-state index contributed by atoms with van der Waals surface area (Å²) in [5.74, 6) is 0.633. The topological polar surface area (TPSA) is 41.1 Å². The molecule has 1 saturated heterocycles. The van der Waals surface area contributed by atoms with Crippen LogP contribution in [0.2, 0.25) is 0 Å². The Morgan fingerprint density at radius 3 is 2.75 bits per heavy atom. The molecule has 2 aromatic carbocycles. The minimum Gasteiger partial charge on any atom is -0.494 e. The molecule has 0 spiro atoms. The SMILES string of the molecule is Cc1cc(OCCCCN2CCCCC2)ccc1-c1n[nH]c2cc(F)ccc12. The lowest BCUT2D eigenvalue weighted by Crippen LogP contribution is -2.30. The first kappa shape index (κ1) is 18.9. The van der Waals surface area contributed by atoms with Crippen molar-refractivity contribution in [2.75, 3.05) is 26.2 Å². The van der Waals surface area contributed by atoms with E-state index in [-0.39, 0.29) is 5.82 Å². The Bertz CT molecular complexity index is 931. The van der Waals surface area contributed by atoms with Crippen LogP contribution in [0.25, 0.3) is 22.2 Å². The summed E-state index contributed by atoms with van der Waals surface area (Å²) in [4.78, 5) is 2.57. The lowest BCUT2D eigenvalue weighted by Gasteiger charge is -2.26. The van der Waals surface area contributed by atoms with E-state index in [1.165, 1.54) is 57.5 Å². The number of halogens is 1. The molecular weight excluding hydrogens is 353 g/mol. The minimum absolute atomic E-state index is 0.261. The molecule has 148 valence electrons. The van der Waals surface area contributed by atoms with Crippen molar-refractivity contribution >= 4 is 10.9 Å². The Balaban J connectivity index is 1.33. The van der Waals surface area contributed by atoms with Crippen molar-refractivity contribution in [3.63, 3.8) is 0 Å². The second kappa shape index (κ2) is 8.74. The van der Waals surface area contributed by atoms with Crippen LogP contribution in [-0.4, -0.2) is 41.3 Å². The molecule has 0 saturated carbocycles. The molecule has 0 amide bonds. The molecule has 1 aromatic heterocycles. The normalized spacial score (nSPS) is 15.2. The Morgan fingerprint density at radius 1 is 1.07 bits per heavy atom. The van der Waals surface area contributed by atoms with E-state index in [2.05, 4.69) is 28.1 Å². The highest BCUT2D eigenvalue weighted by atomic mass is 19.1. The summed E-state index contributed by atoms with van der Waals surface area (Å²) < 4.78 is 19.3. The molecule has 5 heteroatoms. The Hall–Kier alpha value is -2.40. The third kappa shape index (κ3) is 4.36. The highest BCUT2D eigenvalue weighted by molar-refractivity contribution is 5.93. The van der Waals surface area contributed by atoms with Crippen LogP contribution in [0, 0.1) is 12.7 Å². The Labute approximate surface area is 165 Å². The quantitative estimate of drug-likeness (QED) is 0.563. The molecule has 4 rings (SSSR count). The van der Waals surface area contributed by atoms with Crippen molar-refractivity contribution in [1.29, 1.82) is 0 Å². The van der Waals surface area contributed by atoms with Crippen molar-refractivity contribution in [2.24, 2.45) is 0 Å². The van der Waals surface area contributed by atoms with Crippen LogP contribution in [0.5, 0.6) is 5.75 Å². The number of benzene rings is 2. The average Bonchev–Trinajstić information content (AvgIpc) is 3.11. The lowest BCUT2D eigenvalue weighted by molar-refractivity contribution is 0.216. The van der Waals surface area contributed by atoms with Gasteiger partial charge in [-0.15, -0.1) is 0 Å². The summed E-state index contributed by atoms with van der Waals surface area (Å²) in [7, 11) is 0. The number of rotatable bonds is 7. The van der Waals surface area contributed by atoms with E-state index in [4.69, 9.17) is 4.74 Å². The number of aromatic amines is 1. The number of ether oxygens (including phenoxy) is 1. The standard InChI is InChI=1S/C23H28FN3O/c1-17-15-19(28-14-6-5-13-27-11-3-2-4-12-27)8-10-20(17)23-21-9-7-18(24)16-22(21)25-26-23/h7-10,15-16H,2-6,11-14H2,1H3,(H,25,26). The number of unbranched alkanes of at least 4 members (excludes halogenated alkanes) is 1. The number of likely N-dealkylation sites (tertiary alicyclic amines) is 1. The summed E-state index contributed by atoms with van der Waals surface area (Å²) in [5.41, 5.74) is 3.70. The van der Waals surface area contributed by atoms with Gasteiger partial charge < -0.3 is 9.64 Å². The first-order valence-corrected chi connectivity index (χ1v) is 10.3. The summed E-state index contributed by atoms with van der Waals surface area (Å²) in [5, 5.41) is 8.24. The molecule has 1 N–H and O–H groups in total. The Morgan fingerprint density at radius 2 is 1.93 bits per heavy atom. The van der Waals surface area contributed by atoms with E-state index in [9.17, 15) is 4.39 Å². The largest absolute Gasteiger partial charge is 0.494 e. The zero-order chi connectivity index (χ0) is 19.3. The van der Waals surface area contributed by atoms with Gasteiger partial charge in [-0.25, -0.2) is 4.39 Å². The van der Waals surface area contributed by atoms with Crippen molar-refractivity contribution in [2.45, 2.75) is 39.0 Å². The van der Waals surface area contributed by atoms with Crippen LogP contribution in [0.4, 0.5) is 4.39 Å². The van der Waals surface area contributed by atoms with E-state index < -0.39 is 0 Å². The highest BCUT2D eigenvalue weighted by Gasteiger charge is 2.12. The fraction of sp³-hybridized carbons (Fsp3) is 0.435. The van der Waals surface area contributed by atoms with Gasteiger partial charge in [0.1, 0.15) is 17.3 Å². The lowest BCUT2D eigenvalue weighted by atomic mass is 10.0. The number of hydrogen-bond donors (Lipinski definition) is 1. The maximum atomic E-state index is 13.4. The summed E-state index contributed by atoms with van der Waals surface area (Å²) in [6.07, 6.45) is 6.35. The third-order valence-electron chi connectivity index (χ3n) is 5.56. The van der Waals surface area contributed by atoms with Gasteiger partial charge in [-0.1, -0.05) is 6.42 Å². The first-order chi connectivity index (χ1) is 13.7. The van der Waals surface area contributed by atoms with E-state index in [0.717, 1.165) is 41.0 Å². The van der Waals surface area contributed by atoms with Gasteiger partial charge in [0.15, 0.2) is 0 Å². The monoisotopic (exact) mass is 381 g/mol. The molecule has 0 atom stereocenters. The number of piperidine rings is 1. The van der Waals surface area contributed by atoms with Gasteiger partial charge in [-0.3, -0.25) is 5.10 Å². The maximum Gasteiger partial charge on any atom is 0.125 e. The van der Waals surface area contributed by atoms with Gasteiger partial charge >= 0.3 is 0 Å². The van der Waals surface area contributed by atoms with Crippen molar-refractivity contribution < 1.29 is 9.13 Å². The van der Waals surface area contributed by atoms with Crippen LogP contribution >= 0.6 is 0 Å². The molecule has 3 aromatic rings. The number of fused-ring (bicyclic) bond motifs is 1. The number of nitrogens with zero attached hydrogens (tertiary/aromatic N) is 2. The van der Waals surface area contributed by atoms with Crippen LogP contribution < -0.4 is 4.74 Å². The van der Waals surface area contributed by atoms with E-state index in [1.54, 1.807) is 6.07 Å². The molecule has 1 aliphatic rings. The fourth-order valence-corrected chi connectivity index (χ4v) is 4.00. The van der Waals surface area contributed by atoms with Gasteiger partial charge in [-0.05, 0) is 94.2 Å². The smallest absolute Gasteiger partial charge is 0.125 e. The average molecular weight is 381 g/mol. The zero-order valence-electron chi connectivity index (χ0n) is 16.5. The molecule has 0 bridgehead atoms. The van der Waals surface area contributed by atoms with Crippen molar-refractivity contribution in [3.8, 4) is 17.0 Å². The number of aryl methyl sites for hydroxylation is 1. The van der Waals surface area contributed by atoms with E-state index >= 15 is 0 Å². The van der Waals surface area contributed by atoms with Gasteiger partial charge in [0.2, 0.25) is 0 Å². The van der Waals surface area contributed by atoms with Crippen molar-refractivity contribution in [1.82, 2.24) is 15.1 Å². The molecule has 4 nitrogen and oxygen atoms in total. The third-order valence-corrected chi connectivity index (χ3v) is 5.56. The van der Waals surface area contributed by atoms with E-state index in [0.29, 0.717) is 5.52 Å². The second-order valence-corrected chi connectivity index (χ2v) is 7.70. The molecule has 0 radical (unpaired) electrons. The molecular formula is C23H28FN3O. The van der Waals surface area contributed by atoms with Gasteiger partial charge in [-0.2, -0.15) is 5.10 Å². The van der Waals surface area contributed by atoms with Gasteiger partial charge in [0.05, 0.1) is 12.1 Å². The van der Waals surface area contributed by atoms with Gasteiger partial charge in [0, 0.05) is 10.9 Å². The van der Waals surface area contributed by atoms with Gasteiger partial charge in [0.25, 0.3) is 0 Å². The molecule has 28 heavy (non-hydrogen) atoms. The fourth-order valence-electron chi connectivity index (χ4n) is 4.00. The van der Waals surface area contributed by atoms with Crippen LogP contribution in [0.15, 0.2) is 36.4 Å². The van der Waals surface area contributed by atoms with Crippen molar-refractivity contribution in [3.05, 3.63) is 47.8 Å². The summed E-state index contributed by atoms with van der Waals surface area (Å²) in [6, 6.07) is 10.8. The maximum absolute atomic E-state index is 13.4. The zero-order valence-corrected chi connectivity index (χ0v) is 16.5. The molecule has 2 heterocycles. The van der Waals surface area contributed by atoms with Crippen LogP contribution in [0.3, 0.4) is 0 Å². The van der Waals surface area contributed by atoms with Crippen LogP contribution in [0.1, 0.15) is 37.7 Å². The molecule has 1 fully saturated rings. The second-order valence-electron chi connectivity index (χ2n) is 7.70. The number of aromatic nitrogens is 2. The highest BCUT2D eigenvalue weighted by Crippen LogP contribution is 2.31. The van der Waals surface area contributed by atoms with E-state index in [1.807, 2.05) is 12.1 Å². The predicted octanol–water partition coefficient (Wildman–Crippen LogP) is 5.32. The summed E-state index contributed by atoms with van der Waals surface area (Å²) >= 11 is 0. The number of hydrogen-bond acceptors (Lipinski definition) is 3. The first-order valence-electron chi connectivity index (χ1n) is 10.3. The predicted molar refractivity (Wildman–Crippen MR) is 111 cm³/mol.